The molecule has 1 aromatic carbocycles. The van der Waals surface area contributed by atoms with Crippen molar-refractivity contribution in [1.29, 1.82) is 0 Å². The van der Waals surface area contributed by atoms with Gasteiger partial charge in [0.15, 0.2) is 5.96 Å². The molecular weight excluding hydrogens is 337 g/mol. The number of fused-ring (bicyclic) bond motifs is 2. The van der Waals surface area contributed by atoms with Gasteiger partial charge in [0.05, 0.1) is 11.7 Å². The molecule has 96 valence electrons. The van der Waals surface area contributed by atoms with Crippen molar-refractivity contribution in [2.24, 2.45) is 22.6 Å². The number of nitrogens with one attached hydrogen (secondary N) is 1. The molecule has 4 heteroatoms. The highest BCUT2D eigenvalue weighted by Gasteiger charge is 2.39. The van der Waals surface area contributed by atoms with Crippen LogP contribution >= 0.6 is 22.6 Å². The largest absolute Gasteiger partial charge is 0.370 e. The summed E-state index contributed by atoms with van der Waals surface area (Å²) in [7, 11) is 0. The van der Waals surface area contributed by atoms with Gasteiger partial charge in [-0.15, -0.1) is 0 Å². The van der Waals surface area contributed by atoms with E-state index in [1.807, 2.05) is 18.2 Å². The topological polar surface area (TPSA) is 50.4 Å². The summed E-state index contributed by atoms with van der Waals surface area (Å²) in [5.74, 6) is 2.26. The standard InChI is InChI=1S/C14H18IN3/c15-11-3-1-2-4-12(11)17-14(16)18-13-8-9-5-6-10(13)7-9/h1-4,9-10,13H,5-8H2,(H3,16,17,18)/t9-,10-,13-/m0/s1. The van der Waals surface area contributed by atoms with Crippen LogP contribution in [0, 0.1) is 15.4 Å². The number of aliphatic imine (C=N–C) groups is 1. The molecule has 0 radical (unpaired) electrons. The Kier molecular flexibility index (Phi) is 3.46. The highest BCUT2D eigenvalue weighted by atomic mass is 127. The van der Waals surface area contributed by atoms with Gasteiger partial charge in [-0.2, -0.15) is 0 Å². The number of nitrogens with zero attached hydrogens (tertiary/aromatic N) is 1. The molecule has 2 aliphatic rings. The molecule has 3 rings (SSSR count). The second-order valence-electron chi connectivity index (χ2n) is 5.36. The van der Waals surface area contributed by atoms with E-state index in [2.05, 4.69) is 39.0 Å². The Morgan fingerprint density at radius 3 is 2.78 bits per heavy atom. The van der Waals surface area contributed by atoms with Gasteiger partial charge in [0.25, 0.3) is 0 Å². The zero-order valence-corrected chi connectivity index (χ0v) is 12.4. The zero-order chi connectivity index (χ0) is 12.5. The Morgan fingerprint density at radius 1 is 1.28 bits per heavy atom. The van der Waals surface area contributed by atoms with Crippen LogP contribution in [0.2, 0.25) is 0 Å². The van der Waals surface area contributed by atoms with E-state index in [4.69, 9.17) is 5.73 Å². The lowest BCUT2D eigenvalue weighted by molar-refractivity contribution is 0.420. The Hall–Kier alpha value is -0.780. The van der Waals surface area contributed by atoms with Crippen LogP contribution in [0.25, 0.3) is 0 Å². The van der Waals surface area contributed by atoms with Gasteiger partial charge < -0.3 is 11.1 Å². The lowest BCUT2D eigenvalue weighted by Crippen LogP contribution is -2.27. The average Bonchev–Trinajstić information content (AvgIpc) is 2.94. The quantitative estimate of drug-likeness (QED) is 0.486. The van der Waals surface area contributed by atoms with Gasteiger partial charge in [0, 0.05) is 3.57 Å². The molecule has 0 aromatic heterocycles. The van der Waals surface area contributed by atoms with Gasteiger partial charge in [-0.05, 0) is 65.8 Å². The molecule has 18 heavy (non-hydrogen) atoms. The van der Waals surface area contributed by atoms with Crippen molar-refractivity contribution >= 4 is 34.2 Å². The Balaban J connectivity index is 1.68. The Morgan fingerprint density at radius 2 is 2.11 bits per heavy atom. The number of para-hydroxylation sites is 1. The molecule has 3 atom stereocenters. The van der Waals surface area contributed by atoms with Crippen molar-refractivity contribution in [3.63, 3.8) is 0 Å². The summed E-state index contributed by atoms with van der Waals surface area (Å²) in [5, 5.41) is 3.22. The normalized spacial score (nSPS) is 30.7. The second kappa shape index (κ2) is 5.07. The summed E-state index contributed by atoms with van der Waals surface area (Å²) >= 11 is 2.30. The van der Waals surface area contributed by atoms with Gasteiger partial charge in [-0.25, -0.2) is 4.99 Å². The summed E-state index contributed by atoms with van der Waals surface area (Å²) < 4.78 is 1.17. The number of guanidine groups is 1. The van der Waals surface area contributed by atoms with E-state index in [1.54, 1.807) is 0 Å². The second-order valence-corrected chi connectivity index (χ2v) is 6.52. The van der Waals surface area contributed by atoms with Crippen molar-refractivity contribution in [3.05, 3.63) is 27.8 Å². The maximum absolute atomic E-state index is 6.02. The zero-order valence-electron chi connectivity index (χ0n) is 10.3. The van der Waals surface area contributed by atoms with Crippen LogP contribution in [0.3, 0.4) is 0 Å². The van der Waals surface area contributed by atoms with Gasteiger partial charge in [-0.1, -0.05) is 18.6 Å². The Bertz CT molecular complexity index is 472. The van der Waals surface area contributed by atoms with Crippen LogP contribution in [0.4, 0.5) is 5.69 Å². The number of rotatable bonds is 2. The number of nitrogens with two attached hydrogens (primary N) is 1. The molecule has 3 N–H and O–H groups in total. The number of hydrogen-bond donors (Lipinski definition) is 2. The fraction of sp³-hybridized carbons (Fsp3) is 0.500. The first-order valence-corrected chi connectivity index (χ1v) is 7.65. The number of benzene rings is 1. The first kappa shape index (κ1) is 12.3. The monoisotopic (exact) mass is 355 g/mol. The first-order valence-electron chi connectivity index (χ1n) is 6.57. The minimum Gasteiger partial charge on any atom is -0.370 e. The van der Waals surface area contributed by atoms with Crippen molar-refractivity contribution in [1.82, 2.24) is 0 Å². The van der Waals surface area contributed by atoms with E-state index in [-0.39, 0.29) is 0 Å². The third-order valence-corrected chi connectivity index (χ3v) is 5.08. The van der Waals surface area contributed by atoms with Crippen molar-refractivity contribution in [2.75, 3.05) is 5.32 Å². The van der Waals surface area contributed by atoms with E-state index in [0.717, 1.165) is 17.5 Å². The van der Waals surface area contributed by atoms with Crippen LogP contribution < -0.4 is 11.1 Å². The number of anilines is 1. The smallest absolute Gasteiger partial charge is 0.193 e. The van der Waals surface area contributed by atoms with Crippen LogP contribution in [-0.2, 0) is 0 Å². The van der Waals surface area contributed by atoms with Crippen LogP contribution in [-0.4, -0.2) is 12.0 Å². The van der Waals surface area contributed by atoms with Crippen LogP contribution in [0.15, 0.2) is 29.3 Å². The molecule has 0 saturated heterocycles. The molecule has 0 spiro atoms. The summed E-state index contributed by atoms with van der Waals surface area (Å²) in [5.41, 5.74) is 7.07. The molecule has 0 amide bonds. The lowest BCUT2D eigenvalue weighted by atomic mass is 9.96. The molecule has 0 heterocycles. The highest BCUT2D eigenvalue weighted by molar-refractivity contribution is 14.1. The molecule has 3 nitrogen and oxygen atoms in total. The molecule has 2 bridgehead atoms. The van der Waals surface area contributed by atoms with E-state index in [1.165, 1.54) is 29.3 Å². The fourth-order valence-electron chi connectivity index (χ4n) is 3.28. The van der Waals surface area contributed by atoms with Crippen molar-refractivity contribution in [2.45, 2.75) is 31.7 Å². The predicted molar refractivity (Wildman–Crippen MR) is 83.6 cm³/mol. The first-order chi connectivity index (χ1) is 8.72. The van der Waals surface area contributed by atoms with Crippen molar-refractivity contribution < 1.29 is 0 Å². The molecule has 2 fully saturated rings. The maximum atomic E-state index is 6.02. The number of hydrogen-bond acceptors (Lipinski definition) is 1. The summed E-state index contributed by atoms with van der Waals surface area (Å²) in [6.45, 7) is 0. The number of halogens is 1. The van der Waals surface area contributed by atoms with Gasteiger partial charge in [0.1, 0.15) is 0 Å². The van der Waals surface area contributed by atoms with E-state index >= 15 is 0 Å². The molecule has 2 aliphatic carbocycles. The average molecular weight is 355 g/mol. The minimum atomic E-state index is 0.456. The van der Waals surface area contributed by atoms with E-state index < -0.39 is 0 Å². The highest BCUT2D eigenvalue weighted by Crippen LogP contribution is 2.45. The van der Waals surface area contributed by atoms with Crippen LogP contribution in [0.1, 0.15) is 25.7 Å². The maximum Gasteiger partial charge on any atom is 0.193 e. The third-order valence-electron chi connectivity index (χ3n) is 4.14. The van der Waals surface area contributed by atoms with E-state index in [9.17, 15) is 0 Å². The summed E-state index contributed by atoms with van der Waals surface area (Å²) in [6.07, 6.45) is 5.35. The third kappa shape index (κ3) is 2.48. The Labute approximate surface area is 121 Å². The van der Waals surface area contributed by atoms with E-state index in [0.29, 0.717) is 12.0 Å². The van der Waals surface area contributed by atoms with Crippen molar-refractivity contribution in [3.8, 4) is 0 Å². The molecule has 2 saturated carbocycles. The lowest BCUT2D eigenvalue weighted by Gasteiger charge is -2.18. The predicted octanol–water partition coefficient (Wildman–Crippen LogP) is 3.21. The molecule has 1 aromatic rings. The SMILES string of the molecule is NC(=N[C@H]1C[C@H]2CC[C@H]1C2)Nc1ccccc1I. The summed E-state index contributed by atoms with van der Waals surface area (Å²) in [6, 6.07) is 8.59. The van der Waals surface area contributed by atoms with Gasteiger partial charge in [-0.3, -0.25) is 0 Å². The fourth-order valence-corrected chi connectivity index (χ4v) is 3.80. The molecule has 0 unspecified atom stereocenters. The minimum absolute atomic E-state index is 0.456. The van der Waals surface area contributed by atoms with Gasteiger partial charge in [0.2, 0.25) is 0 Å². The summed E-state index contributed by atoms with van der Waals surface area (Å²) in [4.78, 5) is 4.68. The van der Waals surface area contributed by atoms with Gasteiger partial charge >= 0.3 is 0 Å². The molecular formula is C14H18IN3. The van der Waals surface area contributed by atoms with Crippen LogP contribution in [0.5, 0.6) is 0 Å². The molecule has 0 aliphatic heterocycles.